The molecule has 1 heterocycles. The number of aromatic nitrogens is 2. The first-order chi connectivity index (χ1) is 10.8. The van der Waals surface area contributed by atoms with Crippen LogP contribution < -0.4 is 10.6 Å². The number of hydrogen-bond donors (Lipinski definition) is 2. The van der Waals surface area contributed by atoms with Gasteiger partial charge in [-0.1, -0.05) is 0 Å². The zero-order valence-electron chi connectivity index (χ0n) is 12.7. The summed E-state index contributed by atoms with van der Waals surface area (Å²) in [4.78, 5) is 47.6. The van der Waals surface area contributed by atoms with Crippen molar-refractivity contribution in [2.75, 3.05) is 13.7 Å². The van der Waals surface area contributed by atoms with Gasteiger partial charge in [-0.05, 0) is 4.92 Å². The fraction of sp³-hybridized carbons (Fsp3) is 0.500. The molecule has 2 N–H and O–H groups in total. The Hall–Kier alpha value is -2.98. The van der Waals surface area contributed by atoms with Crippen molar-refractivity contribution >= 4 is 23.7 Å². The smallest absolute Gasteiger partial charge is 0.342 e. The van der Waals surface area contributed by atoms with Gasteiger partial charge in [-0.3, -0.25) is 14.9 Å². The average Bonchev–Trinajstić information content (AvgIpc) is 2.86. The van der Waals surface area contributed by atoms with Gasteiger partial charge in [0.15, 0.2) is 5.82 Å². The Morgan fingerprint density at radius 3 is 2.70 bits per heavy atom. The summed E-state index contributed by atoms with van der Waals surface area (Å²) in [6, 6.07) is -0.661. The van der Waals surface area contributed by atoms with Crippen molar-refractivity contribution in [3.8, 4) is 0 Å². The molecule has 3 amide bonds. The quantitative estimate of drug-likeness (QED) is 0.403. The average molecular weight is 327 g/mol. The third-order valence-electron chi connectivity index (χ3n) is 2.84. The first-order valence-corrected chi connectivity index (χ1v) is 6.68. The highest BCUT2D eigenvalue weighted by Gasteiger charge is 2.17. The highest BCUT2D eigenvalue weighted by Crippen LogP contribution is 2.13. The number of nitrogens with one attached hydrogen (secondary N) is 2. The summed E-state index contributed by atoms with van der Waals surface area (Å²) in [7, 11) is 1.36. The van der Waals surface area contributed by atoms with Crippen LogP contribution in [0.5, 0.6) is 0 Å². The number of carbonyl (C=O) groups excluding carboxylic acids is 3. The molecule has 1 aromatic heterocycles. The number of carbonyl (C=O) groups is 3. The first kappa shape index (κ1) is 18.1. The number of nitro groups is 1. The minimum Gasteiger partial charge on any atom is -0.461 e. The van der Waals surface area contributed by atoms with E-state index in [1.54, 1.807) is 6.92 Å². The lowest BCUT2D eigenvalue weighted by molar-refractivity contribution is -0.392. The van der Waals surface area contributed by atoms with E-state index in [1.165, 1.54) is 11.6 Å². The lowest BCUT2D eigenvalue weighted by Crippen LogP contribution is -2.37. The van der Waals surface area contributed by atoms with Crippen LogP contribution in [0.1, 0.15) is 18.7 Å². The molecule has 11 heteroatoms. The van der Waals surface area contributed by atoms with Crippen molar-refractivity contribution in [2.45, 2.75) is 26.3 Å². The number of nitrogens with zero attached hydrogens (tertiary/aromatic N) is 3. The number of hydrogen-bond acceptors (Lipinski definition) is 7. The molecule has 0 spiro atoms. The molecule has 0 atom stereocenters. The van der Waals surface area contributed by atoms with Crippen molar-refractivity contribution in [2.24, 2.45) is 0 Å². The molecule has 0 aromatic carbocycles. The number of urea groups is 1. The SMILES string of the molecule is CNC(=O)NC(=O)CCC(=O)OCCn1c([N+](=O)[O-])cnc1C. The van der Waals surface area contributed by atoms with Gasteiger partial charge >= 0.3 is 17.8 Å². The molecule has 0 bridgehead atoms. The molecule has 0 radical (unpaired) electrons. The van der Waals surface area contributed by atoms with Crippen LogP contribution in [0.4, 0.5) is 10.6 Å². The van der Waals surface area contributed by atoms with Gasteiger partial charge in [0.1, 0.15) is 19.3 Å². The third-order valence-corrected chi connectivity index (χ3v) is 2.84. The molecule has 0 unspecified atom stereocenters. The van der Waals surface area contributed by atoms with Crippen molar-refractivity contribution in [1.82, 2.24) is 20.2 Å². The molecule has 126 valence electrons. The molecule has 0 fully saturated rings. The zero-order valence-corrected chi connectivity index (χ0v) is 12.7. The largest absolute Gasteiger partial charge is 0.461 e. The molecule has 11 nitrogen and oxygen atoms in total. The van der Waals surface area contributed by atoms with Crippen molar-refractivity contribution in [3.63, 3.8) is 0 Å². The fourth-order valence-corrected chi connectivity index (χ4v) is 1.67. The maximum Gasteiger partial charge on any atom is 0.342 e. The van der Waals surface area contributed by atoms with Gasteiger partial charge in [0.25, 0.3) is 0 Å². The maximum absolute atomic E-state index is 11.5. The molecule has 0 aliphatic rings. The Balaban J connectivity index is 2.35. The van der Waals surface area contributed by atoms with Crippen molar-refractivity contribution < 1.29 is 24.0 Å². The van der Waals surface area contributed by atoms with Crippen LogP contribution in [0.2, 0.25) is 0 Å². The first-order valence-electron chi connectivity index (χ1n) is 6.68. The van der Waals surface area contributed by atoms with E-state index >= 15 is 0 Å². The van der Waals surface area contributed by atoms with E-state index < -0.39 is 22.8 Å². The Morgan fingerprint density at radius 1 is 1.39 bits per heavy atom. The maximum atomic E-state index is 11.5. The fourth-order valence-electron chi connectivity index (χ4n) is 1.67. The lowest BCUT2D eigenvalue weighted by atomic mass is 10.3. The normalized spacial score (nSPS) is 10.0. The van der Waals surface area contributed by atoms with Crippen molar-refractivity contribution in [1.29, 1.82) is 0 Å². The van der Waals surface area contributed by atoms with Gasteiger partial charge < -0.3 is 20.2 Å². The van der Waals surface area contributed by atoms with Gasteiger partial charge in [0.2, 0.25) is 5.91 Å². The van der Waals surface area contributed by atoms with Gasteiger partial charge in [-0.2, -0.15) is 0 Å². The Morgan fingerprint density at radius 2 is 2.09 bits per heavy atom. The predicted octanol–water partition coefficient (Wildman–Crippen LogP) is -0.121. The second-order valence-corrected chi connectivity index (χ2v) is 4.42. The summed E-state index contributed by atoms with van der Waals surface area (Å²) in [6.07, 6.45) is 0.727. The van der Waals surface area contributed by atoms with E-state index in [0.717, 1.165) is 6.20 Å². The molecule has 0 aliphatic carbocycles. The summed E-state index contributed by atoms with van der Waals surface area (Å²) in [5, 5.41) is 15.0. The summed E-state index contributed by atoms with van der Waals surface area (Å²) < 4.78 is 6.21. The highest BCUT2D eigenvalue weighted by atomic mass is 16.6. The second-order valence-electron chi connectivity index (χ2n) is 4.42. The number of esters is 1. The Kier molecular flexibility index (Phi) is 6.65. The standard InChI is InChI=1S/C12H17N5O6/c1-8-14-7-10(17(21)22)16(8)5-6-23-11(19)4-3-9(18)15-12(20)13-2/h7H,3-6H2,1-2H3,(H2,13,15,18,20). The molecule has 0 aliphatic heterocycles. The summed E-state index contributed by atoms with van der Waals surface area (Å²) in [6.45, 7) is 1.59. The van der Waals surface area contributed by atoms with Crippen LogP contribution in [-0.2, 0) is 20.9 Å². The number of imidazole rings is 1. The number of aryl methyl sites for hydroxylation is 1. The van der Waals surface area contributed by atoms with Crippen LogP contribution in [0, 0.1) is 17.0 Å². The molecule has 1 rings (SSSR count). The van der Waals surface area contributed by atoms with Gasteiger partial charge in [-0.25, -0.2) is 14.3 Å². The number of imide groups is 1. The minimum atomic E-state index is -0.661. The van der Waals surface area contributed by atoms with Crippen LogP contribution in [0.15, 0.2) is 6.20 Å². The zero-order chi connectivity index (χ0) is 17.4. The molecular weight excluding hydrogens is 310 g/mol. The Bertz CT molecular complexity index is 611. The monoisotopic (exact) mass is 327 g/mol. The number of ether oxygens (including phenoxy) is 1. The number of amides is 3. The third kappa shape index (κ3) is 5.73. The van der Waals surface area contributed by atoms with Gasteiger partial charge in [-0.15, -0.1) is 0 Å². The minimum absolute atomic E-state index is 0.0817. The Labute approximate surface area is 131 Å². The van der Waals surface area contributed by atoms with Crippen LogP contribution in [0.3, 0.4) is 0 Å². The van der Waals surface area contributed by atoms with Crippen molar-refractivity contribution in [3.05, 3.63) is 22.1 Å². The molecule has 1 aromatic rings. The lowest BCUT2D eigenvalue weighted by Gasteiger charge is -2.06. The predicted molar refractivity (Wildman–Crippen MR) is 76.4 cm³/mol. The van der Waals surface area contributed by atoms with E-state index in [9.17, 15) is 24.5 Å². The van der Waals surface area contributed by atoms with Gasteiger partial charge in [0, 0.05) is 20.4 Å². The highest BCUT2D eigenvalue weighted by molar-refractivity contribution is 5.95. The number of rotatable bonds is 7. The van der Waals surface area contributed by atoms with E-state index in [2.05, 4.69) is 10.3 Å². The summed E-state index contributed by atoms with van der Waals surface area (Å²) in [5.41, 5.74) is 0. The summed E-state index contributed by atoms with van der Waals surface area (Å²) in [5.74, 6) is -1.01. The second kappa shape index (κ2) is 8.46. The molecule has 0 saturated carbocycles. The van der Waals surface area contributed by atoms with Crippen LogP contribution in [0.25, 0.3) is 0 Å². The molecule has 0 saturated heterocycles. The molecule has 23 heavy (non-hydrogen) atoms. The molecular formula is C12H17N5O6. The summed E-state index contributed by atoms with van der Waals surface area (Å²) >= 11 is 0. The van der Waals surface area contributed by atoms with E-state index in [4.69, 9.17) is 4.74 Å². The van der Waals surface area contributed by atoms with E-state index in [1.807, 2.05) is 5.32 Å². The van der Waals surface area contributed by atoms with Crippen LogP contribution >= 0.6 is 0 Å². The van der Waals surface area contributed by atoms with Gasteiger partial charge in [0.05, 0.1) is 6.42 Å². The van der Waals surface area contributed by atoms with E-state index in [-0.39, 0.29) is 31.8 Å². The topological polar surface area (TPSA) is 145 Å². The van der Waals surface area contributed by atoms with Crippen LogP contribution in [-0.4, -0.2) is 46.0 Å². The van der Waals surface area contributed by atoms with E-state index in [0.29, 0.717) is 5.82 Å².